The van der Waals surface area contributed by atoms with Gasteiger partial charge in [-0.2, -0.15) is 0 Å². The van der Waals surface area contributed by atoms with Crippen molar-refractivity contribution in [2.75, 3.05) is 6.54 Å². The van der Waals surface area contributed by atoms with E-state index in [0.29, 0.717) is 13.0 Å². The van der Waals surface area contributed by atoms with Crippen LogP contribution in [-0.4, -0.2) is 30.4 Å². The number of Topliss-reactive ketones (excluding diaryl/α,β-unsaturated/α-hetero) is 1. The van der Waals surface area contributed by atoms with Gasteiger partial charge in [0.05, 0.1) is 6.04 Å². The van der Waals surface area contributed by atoms with Gasteiger partial charge in [0.15, 0.2) is 5.78 Å². The van der Waals surface area contributed by atoms with E-state index in [2.05, 4.69) is 36.4 Å². The number of hydrogen-bond donors (Lipinski definition) is 3. The van der Waals surface area contributed by atoms with Crippen molar-refractivity contribution in [3.8, 4) is 0 Å². The quantitative estimate of drug-likeness (QED) is 0.354. The largest absolute Gasteiger partial charge is 0.461 e. The van der Waals surface area contributed by atoms with Gasteiger partial charge in [-0.1, -0.05) is 63.6 Å². The number of ketones is 1. The van der Waals surface area contributed by atoms with Crippen LogP contribution in [0.1, 0.15) is 51.2 Å². The number of benzene rings is 1. The fourth-order valence-electron chi connectivity index (χ4n) is 2.60. The predicted octanol–water partition coefficient (Wildman–Crippen LogP) is 3.55. The molecule has 0 heterocycles. The number of ether oxygens (including phenoxy) is 1. The number of carbonyl (C=O) groups is 2. The van der Waals surface area contributed by atoms with Crippen molar-refractivity contribution >= 4 is 30.6 Å². The zero-order valence-corrected chi connectivity index (χ0v) is 17.4. The van der Waals surface area contributed by atoms with Crippen LogP contribution in [0.5, 0.6) is 0 Å². The van der Waals surface area contributed by atoms with E-state index in [1.807, 2.05) is 38.1 Å². The molecule has 5 nitrogen and oxygen atoms in total. The van der Waals surface area contributed by atoms with Gasteiger partial charge < -0.3 is 10.1 Å². The van der Waals surface area contributed by atoms with Crippen LogP contribution in [0.25, 0.3) is 6.08 Å². The zero-order valence-electron chi connectivity index (χ0n) is 16.5. The smallest absolute Gasteiger partial charge is 0.306 e. The molecule has 1 rings (SSSR count). The molecule has 0 radical (unpaired) electrons. The molecule has 0 spiro atoms. The SMILES string of the molecule is C=Cc1ccc(COC(=O)CC[C@H](NC(C)CC)C(=O)C(C)CNS)cc1. The summed E-state index contributed by atoms with van der Waals surface area (Å²) >= 11 is 3.97. The van der Waals surface area contributed by atoms with Crippen molar-refractivity contribution < 1.29 is 14.3 Å². The number of esters is 1. The molecule has 0 bridgehead atoms. The summed E-state index contributed by atoms with van der Waals surface area (Å²) in [7, 11) is 0. The third-order valence-corrected chi connectivity index (χ3v) is 4.76. The van der Waals surface area contributed by atoms with Gasteiger partial charge in [-0.05, 0) is 30.9 Å². The molecule has 0 aromatic heterocycles. The highest BCUT2D eigenvalue weighted by Gasteiger charge is 2.25. The first kappa shape index (κ1) is 23.4. The Kier molecular flexibility index (Phi) is 11.0. The van der Waals surface area contributed by atoms with E-state index in [0.717, 1.165) is 17.5 Å². The van der Waals surface area contributed by atoms with Gasteiger partial charge in [0, 0.05) is 24.9 Å². The Morgan fingerprint density at radius 2 is 1.93 bits per heavy atom. The van der Waals surface area contributed by atoms with Crippen molar-refractivity contribution in [3.63, 3.8) is 0 Å². The van der Waals surface area contributed by atoms with Crippen LogP contribution < -0.4 is 10.0 Å². The molecular weight excluding hydrogens is 360 g/mol. The minimum atomic E-state index is -0.365. The van der Waals surface area contributed by atoms with Gasteiger partial charge in [0.2, 0.25) is 0 Å². The Bertz CT molecular complexity index is 604. The van der Waals surface area contributed by atoms with Gasteiger partial charge in [-0.3, -0.25) is 14.3 Å². The van der Waals surface area contributed by atoms with E-state index in [9.17, 15) is 9.59 Å². The van der Waals surface area contributed by atoms with Gasteiger partial charge in [0.1, 0.15) is 6.61 Å². The Hall–Kier alpha value is -1.63. The third kappa shape index (κ3) is 8.73. The van der Waals surface area contributed by atoms with Crippen LogP contribution in [0, 0.1) is 5.92 Å². The molecule has 2 N–H and O–H groups in total. The van der Waals surface area contributed by atoms with Crippen LogP contribution in [0.4, 0.5) is 0 Å². The number of rotatable bonds is 13. The molecule has 0 aliphatic carbocycles. The second kappa shape index (κ2) is 12.7. The second-order valence-corrected chi connectivity index (χ2v) is 7.16. The van der Waals surface area contributed by atoms with Gasteiger partial charge in [0.25, 0.3) is 0 Å². The van der Waals surface area contributed by atoms with Crippen molar-refractivity contribution in [1.29, 1.82) is 0 Å². The second-order valence-electron chi connectivity index (χ2n) is 6.84. The summed E-state index contributed by atoms with van der Waals surface area (Å²) in [5.74, 6) is -0.389. The molecule has 0 aliphatic rings. The maximum atomic E-state index is 12.6. The topological polar surface area (TPSA) is 67.4 Å². The number of nitrogens with one attached hydrogen (secondary N) is 2. The Labute approximate surface area is 168 Å². The van der Waals surface area contributed by atoms with Crippen LogP contribution in [0.3, 0.4) is 0 Å². The standard InChI is InChI=1S/C21H32N2O3S/c1-5-16(4)23-19(21(25)15(3)13-22-27)11-12-20(24)26-14-18-9-7-17(6-2)8-10-18/h6-10,15-16,19,22-23,27H,2,5,11-14H2,1,3-4H3/t15?,16?,19-/m0/s1. The molecule has 0 fully saturated rings. The van der Waals surface area contributed by atoms with E-state index in [1.54, 1.807) is 6.08 Å². The highest BCUT2D eigenvalue weighted by Crippen LogP contribution is 2.11. The average molecular weight is 393 g/mol. The van der Waals surface area contributed by atoms with E-state index >= 15 is 0 Å². The number of hydrogen-bond acceptors (Lipinski definition) is 6. The fourth-order valence-corrected chi connectivity index (χ4v) is 2.87. The summed E-state index contributed by atoms with van der Waals surface area (Å²) in [5.41, 5.74) is 1.94. The fraction of sp³-hybridized carbons (Fsp3) is 0.524. The third-order valence-electron chi connectivity index (χ3n) is 4.58. The van der Waals surface area contributed by atoms with Crippen molar-refractivity contribution in [2.45, 2.75) is 58.7 Å². The lowest BCUT2D eigenvalue weighted by atomic mass is 9.95. The normalized spacial score (nSPS) is 14.2. The van der Waals surface area contributed by atoms with Gasteiger partial charge in [-0.25, -0.2) is 0 Å². The summed E-state index contributed by atoms with van der Waals surface area (Å²) in [6.45, 7) is 10.4. The number of thiol groups is 1. The molecule has 0 amide bonds. The molecule has 2 unspecified atom stereocenters. The van der Waals surface area contributed by atoms with Crippen molar-refractivity contribution in [2.24, 2.45) is 5.92 Å². The van der Waals surface area contributed by atoms with Crippen LogP contribution in [0.2, 0.25) is 0 Å². The Balaban J connectivity index is 2.54. The summed E-state index contributed by atoms with van der Waals surface area (Å²) in [5, 5.41) is 3.33. The molecule has 150 valence electrons. The van der Waals surface area contributed by atoms with Crippen molar-refractivity contribution in [1.82, 2.24) is 10.0 Å². The van der Waals surface area contributed by atoms with Crippen LogP contribution in [-0.2, 0) is 20.9 Å². The van der Waals surface area contributed by atoms with Gasteiger partial charge in [-0.15, -0.1) is 0 Å². The molecule has 3 atom stereocenters. The Morgan fingerprint density at radius 3 is 2.48 bits per heavy atom. The highest BCUT2D eigenvalue weighted by molar-refractivity contribution is 7.78. The van der Waals surface area contributed by atoms with Crippen molar-refractivity contribution in [3.05, 3.63) is 42.0 Å². The highest BCUT2D eigenvalue weighted by atomic mass is 32.1. The zero-order chi connectivity index (χ0) is 20.2. The Morgan fingerprint density at radius 1 is 1.26 bits per heavy atom. The van der Waals surface area contributed by atoms with E-state index < -0.39 is 0 Å². The van der Waals surface area contributed by atoms with Crippen LogP contribution in [0.15, 0.2) is 30.8 Å². The number of carbonyl (C=O) groups excluding carboxylic acids is 2. The van der Waals surface area contributed by atoms with Crippen LogP contribution >= 0.6 is 12.8 Å². The van der Waals surface area contributed by atoms with E-state index in [4.69, 9.17) is 4.74 Å². The maximum absolute atomic E-state index is 12.6. The molecule has 6 heteroatoms. The molecule has 0 saturated heterocycles. The van der Waals surface area contributed by atoms with Gasteiger partial charge >= 0.3 is 5.97 Å². The minimum Gasteiger partial charge on any atom is -0.461 e. The summed E-state index contributed by atoms with van der Waals surface area (Å²) in [6.07, 6.45) is 3.30. The summed E-state index contributed by atoms with van der Waals surface area (Å²) in [6, 6.07) is 7.52. The first-order valence-electron chi connectivity index (χ1n) is 9.44. The molecule has 0 saturated carbocycles. The lowest BCUT2D eigenvalue weighted by molar-refractivity contribution is -0.145. The van der Waals surface area contributed by atoms with E-state index in [1.165, 1.54) is 0 Å². The minimum absolute atomic E-state index is 0.0877. The summed E-state index contributed by atoms with van der Waals surface area (Å²) < 4.78 is 8.07. The molecule has 27 heavy (non-hydrogen) atoms. The first-order valence-corrected chi connectivity index (χ1v) is 9.89. The maximum Gasteiger partial charge on any atom is 0.306 e. The predicted molar refractivity (Wildman–Crippen MR) is 113 cm³/mol. The molecule has 1 aromatic rings. The monoisotopic (exact) mass is 392 g/mol. The molecular formula is C21H32N2O3S. The molecule has 0 aliphatic heterocycles. The average Bonchev–Trinajstić information content (AvgIpc) is 2.69. The lowest BCUT2D eigenvalue weighted by Crippen LogP contribution is -2.45. The lowest BCUT2D eigenvalue weighted by Gasteiger charge is -2.24. The first-order chi connectivity index (χ1) is 12.9. The van der Waals surface area contributed by atoms with E-state index in [-0.39, 0.29) is 42.8 Å². The molecule has 1 aromatic carbocycles. The summed E-state index contributed by atoms with van der Waals surface area (Å²) in [4.78, 5) is 24.8.